The molecule has 4 rings (SSSR count). The summed E-state index contributed by atoms with van der Waals surface area (Å²) in [5, 5.41) is 31.6. The summed E-state index contributed by atoms with van der Waals surface area (Å²) >= 11 is 0. The van der Waals surface area contributed by atoms with E-state index in [1.807, 2.05) is 0 Å². The molecule has 2 aromatic carbocycles. The second kappa shape index (κ2) is 6.13. The Morgan fingerprint density at radius 1 is 0.966 bits per heavy atom. The maximum Gasteiger partial charge on any atom is 0.201 e. The number of fused-ring (bicyclic) bond motifs is 3. The van der Waals surface area contributed by atoms with Crippen LogP contribution < -0.4 is 4.74 Å². The number of Topliss-reactive ketones (excluding diaryl/α,β-unsaturated/α-hetero) is 1. The maximum atomic E-state index is 13.1. The van der Waals surface area contributed by atoms with Crippen molar-refractivity contribution in [3.8, 4) is 17.2 Å². The molecule has 0 saturated carbocycles. The van der Waals surface area contributed by atoms with Crippen molar-refractivity contribution in [1.82, 2.24) is 0 Å². The number of carbonyl (C=O) groups is 3. The van der Waals surface area contributed by atoms with Crippen LogP contribution in [0.25, 0.3) is 0 Å². The number of phenols is 2. The molecule has 3 N–H and O–H groups in total. The largest absolute Gasteiger partial charge is 0.507 e. The molecule has 150 valence electrons. The minimum atomic E-state index is -1.86. The van der Waals surface area contributed by atoms with E-state index < -0.39 is 40.6 Å². The van der Waals surface area contributed by atoms with Gasteiger partial charge in [-0.3, -0.25) is 14.4 Å². The average Bonchev–Trinajstić information content (AvgIpc) is 2.68. The Bertz CT molecular complexity index is 1110. The van der Waals surface area contributed by atoms with E-state index in [0.717, 1.165) is 0 Å². The third kappa shape index (κ3) is 2.43. The number of carbonyl (C=O) groups excluding carboxylic acids is 3. The van der Waals surface area contributed by atoms with Crippen LogP contribution in [0.4, 0.5) is 0 Å². The van der Waals surface area contributed by atoms with Crippen LogP contribution in [0.2, 0.25) is 0 Å². The van der Waals surface area contributed by atoms with Crippen molar-refractivity contribution in [3.63, 3.8) is 0 Å². The molecule has 2 aliphatic carbocycles. The third-order valence-corrected chi connectivity index (χ3v) is 5.68. The average molecular weight is 398 g/mol. The Morgan fingerprint density at radius 2 is 1.62 bits per heavy atom. The molecule has 0 bridgehead atoms. The van der Waals surface area contributed by atoms with Gasteiger partial charge < -0.3 is 24.8 Å². The number of ether oxygens (including phenoxy) is 2. The van der Waals surface area contributed by atoms with E-state index in [0.29, 0.717) is 0 Å². The van der Waals surface area contributed by atoms with Crippen LogP contribution in [0.3, 0.4) is 0 Å². The second-order valence-corrected chi connectivity index (χ2v) is 7.31. The summed E-state index contributed by atoms with van der Waals surface area (Å²) in [6.07, 6.45) is -0.974. The van der Waals surface area contributed by atoms with Gasteiger partial charge in [-0.05, 0) is 19.1 Å². The molecule has 0 aromatic heterocycles. The molecular weight excluding hydrogens is 380 g/mol. The summed E-state index contributed by atoms with van der Waals surface area (Å²) in [6, 6.07) is 3.73. The van der Waals surface area contributed by atoms with Crippen LogP contribution >= 0.6 is 0 Å². The SMILES string of the molecule is COc1cc(O)c2c(c1)C(=O)c1cc3c(c(O)c1C2=O)CC(OC)C(C)(O)C3=O. The van der Waals surface area contributed by atoms with Crippen LogP contribution in [-0.2, 0) is 11.2 Å². The fourth-order valence-electron chi connectivity index (χ4n) is 4.05. The van der Waals surface area contributed by atoms with Crippen molar-refractivity contribution in [2.75, 3.05) is 14.2 Å². The first kappa shape index (κ1) is 19.1. The van der Waals surface area contributed by atoms with Crippen molar-refractivity contribution >= 4 is 17.3 Å². The number of rotatable bonds is 2. The summed E-state index contributed by atoms with van der Waals surface area (Å²) in [5.41, 5.74) is -2.58. The maximum absolute atomic E-state index is 13.1. The molecule has 0 saturated heterocycles. The van der Waals surface area contributed by atoms with Crippen LogP contribution in [0.15, 0.2) is 18.2 Å². The van der Waals surface area contributed by atoms with Gasteiger partial charge in [0.05, 0.1) is 24.3 Å². The van der Waals surface area contributed by atoms with E-state index in [4.69, 9.17) is 9.47 Å². The van der Waals surface area contributed by atoms with Gasteiger partial charge in [0, 0.05) is 41.9 Å². The van der Waals surface area contributed by atoms with Crippen LogP contribution in [-0.4, -0.2) is 58.6 Å². The van der Waals surface area contributed by atoms with Crippen molar-refractivity contribution < 1.29 is 39.2 Å². The first-order valence-corrected chi connectivity index (χ1v) is 8.82. The number of hydrogen-bond acceptors (Lipinski definition) is 8. The molecule has 8 nitrogen and oxygen atoms in total. The van der Waals surface area contributed by atoms with Gasteiger partial charge in [0.1, 0.15) is 17.2 Å². The highest BCUT2D eigenvalue weighted by Crippen LogP contribution is 2.44. The van der Waals surface area contributed by atoms with Crippen molar-refractivity contribution in [3.05, 3.63) is 51.6 Å². The van der Waals surface area contributed by atoms with Gasteiger partial charge in [-0.15, -0.1) is 0 Å². The first-order valence-electron chi connectivity index (χ1n) is 8.82. The molecule has 2 unspecified atom stereocenters. The number of ketones is 3. The lowest BCUT2D eigenvalue weighted by molar-refractivity contribution is -0.0625. The second-order valence-electron chi connectivity index (χ2n) is 7.31. The van der Waals surface area contributed by atoms with E-state index in [1.165, 1.54) is 39.3 Å². The number of benzene rings is 2. The summed E-state index contributed by atoms with van der Waals surface area (Å²) in [6.45, 7) is 1.30. The monoisotopic (exact) mass is 398 g/mol. The Balaban J connectivity index is 2.00. The highest BCUT2D eigenvalue weighted by atomic mass is 16.5. The lowest BCUT2D eigenvalue weighted by Gasteiger charge is -2.36. The Hall–Kier alpha value is -3.23. The molecule has 0 spiro atoms. The number of aromatic hydroxyl groups is 2. The quantitative estimate of drug-likeness (QED) is 0.590. The number of phenolic OH excluding ortho intramolecular Hbond substituents is 2. The molecule has 2 atom stereocenters. The van der Waals surface area contributed by atoms with Gasteiger partial charge in [0.2, 0.25) is 5.78 Å². The molecule has 29 heavy (non-hydrogen) atoms. The predicted octanol–water partition coefficient (Wildman–Crippen LogP) is 1.39. The highest BCUT2D eigenvalue weighted by Gasteiger charge is 2.48. The fraction of sp³-hybridized carbons (Fsp3) is 0.286. The number of hydrogen-bond donors (Lipinski definition) is 3. The van der Waals surface area contributed by atoms with E-state index in [2.05, 4.69) is 0 Å². The lowest BCUT2D eigenvalue weighted by atomic mass is 9.73. The minimum Gasteiger partial charge on any atom is -0.507 e. The molecule has 8 heteroatoms. The van der Waals surface area contributed by atoms with Gasteiger partial charge in [0.15, 0.2) is 17.2 Å². The molecule has 0 fully saturated rings. The van der Waals surface area contributed by atoms with Crippen LogP contribution in [0, 0.1) is 0 Å². The zero-order valence-corrected chi connectivity index (χ0v) is 15.9. The molecule has 0 radical (unpaired) electrons. The Morgan fingerprint density at radius 3 is 2.24 bits per heavy atom. The van der Waals surface area contributed by atoms with E-state index in [1.54, 1.807) is 0 Å². The van der Waals surface area contributed by atoms with Crippen molar-refractivity contribution in [2.45, 2.75) is 25.0 Å². The molecule has 0 aliphatic heterocycles. The Labute approximate surface area is 165 Å². The number of methoxy groups -OCH3 is 2. The minimum absolute atomic E-state index is 0.0351. The van der Waals surface area contributed by atoms with Gasteiger partial charge in [-0.2, -0.15) is 0 Å². The molecular formula is C21H18O8. The lowest BCUT2D eigenvalue weighted by Crippen LogP contribution is -2.52. The smallest absolute Gasteiger partial charge is 0.201 e. The number of aliphatic hydroxyl groups is 1. The zero-order chi connectivity index (χ0) is 21.2. The molecule has 2 aliphatic rings. The summed E-state index contributed by atoms with van der Waals surface area (Å²) < 4.78 is 10.2. The van der Waals surface area contributed by atoms with Crippen molar-refractivity contribution in [2.24, 2.45) is 0 Å². The topological polar surface area (TPSA) is 130 Å². The van der Waals surface area contributed by atoms with Crippen molar-refractivity contribution in [1.29, 1.82) is 0 Å². The zero-order valence-electron chi connectivity index (χ0n) is 15.9. The van der Waals surface area contributed by atoms with Gasteiger partial charge in [-0.1, -0.05) is 0 Å². The summed E-state index contributed by atoms with van der Waals surface area (Å²) in [5.74, 6) is -2.91. The van der Waals surface area contributed by atoms with Crippen LogP contribution in [0.1, 0.15) is 54.7 Å². The van der Waals surface area contributed by atoms with Gasteiger partial charge in [-0.25, -0.2) is 0 Å². The predicted molar refractivity (Wildman–Crippen MR) is 99.1 cm³/mol. The van der Waals surface area contributed by atoms with E-state index in [-0.39, 0.29) is 45.6 Å². The van der Waals surface area contributed by atoms with E-state index in [9.17, 15) is 29.7 Å². The molecule has 0 amide bonds. The van der Waals surface area contributed by atoms with E-state index >= 15 is 0 Å². The fourth-order valence-corrected chi connectivity index (χ4v) is 4.05. The highest BCUT2D eigenvalue weighted by molar-refractivity contribution is 6.31. The van der Waals surface area contributed by atoms with Crippen LogP contribution in [0.5, 0.6) is 17.2 Å². The normalized spacial score (nSPS) is 22.8. The Kier molecular flexibility index (Phi) is 4.04. The summed E-state index contributed by atoms with van der Waals surface area (Å²) in [7, 11) is 2.67. The van der Waals surface area contributed by atoms with Gasteiger partial charge in [0.25, 0.3) is 0 Å². The summed E-state index contributed by atoms with van der Waals surface area (Å²) in [4.78, 5) is 39.0. The standard InChI is InChI=1S/C21H18O8/c1-21(27)14(29-3)7-9-10(20(21)26)6-12-16(18(9)24)19(25)15-11(17(12)23)4-8(28-2)5-13(15)22/h4-6,14,22,24,27H,7H2,1-3H3. The third-order valence-electron chi connectivity index (χ3n) is 5.68. The molecule has 0 heterocycles. The van der Waals surface area contributed by atoms with Gasteiger partial charge >= 0.3 is 0 Å². The molecule has 2 aromatic rings. The first-order chi connectivity index (χ1) is 13.6.